The molecule has 4 fully saturated rings. The van der Waals surface area contributed by atoms with Crippen molar-refractivity contribution in [1.29, 1.82) is 0 Å². The third-order valence-electron chi connectivity index (χ3n) is 8.59. The molecule has 5 rings (SSSR count). The minimum Gasteiger partial charge on any atom is -0.547 e. The van der Waals surface area contributed by atoms with Gasteiger partial charge in [-0.25, -0.2) is 4.89 Å². The molecule has 0 aromatic heterocycles. The number of aliphatic hydroxyl groups is 3. The van der Waals surface area contributed by atoms with Crippen LogP contribution in [0.2, 0.25) is 0 Å². The Morgan fingerprint density at radius 1 is 1.12 bits per heavy atom. The Kier molecular flexibility index (Phi) is 10.00. The van der Waals surface area contributed by atoms with E-state index in [-0.39, 0.29) is 58.1 Å². The maximum Gasteiger partial charge on any atom is 1.00 e. The molecule has 0 radical (unpaired) electrons. The van der Waals surface area contributed by atoms with Crippen molar-refractivity contribution in [3.8, 4) is 5.75 Å². The van der Waals surface area contributed by atoms with Crippen LogP contribution in [0.4, 0.5) is 13.2 Å². The molecular weight excluding hydrogens is 588 g/mol. The molecule has 224 valence electrons. The van der Waals surface area contributed by atoms with E-state index in [9.17, 15) is 38.4 Å². The Hall–Kier alpha value is -0.710. The van der Waals surface area contributed by atoms with Crippen LogP contribution in [0.25, 0.3) is 0 Å². The second-order valence-electron chi connectivity index (χ2n) is 11.0. The van der Waals surface area contributed by atoms with Crippen LogP contribution in [0.15, 0.2) is 24.3 Å². The van der Waals surface area contributed by atoms with E-state index in [2.05, 4.69) is 0 Å². The minimum absolute atomic E-state index is 0. The number of carboxylic acids is 1. The van der Waals surface area contributed by atoms with Crippen LogP contribution in [0, 0.1) is 17.8 Å². The predicted octanol–water partition coefficient (Wildman–Crippen LogP) is -1.49. The van der Waals surface area contributed by atoms with E-state index >= 15 is 0 Å². The van der Waals surface area contributed by atoms with Gasteiger partial charge in [-0.05, 0) is 55.6 Å². The Morgan fingerprint density at radius 3 is 2.46 bits per heavy atom. The van der Waals surface area contributed by atoms with E-state index in [1.807, 2.05) is 6.92 Å². The summed E-state index contributed by atoms with van der Waals surface area (Å²) in [6.07, 6.45) is -11.0. The molecule has 2 bridgehead atoms. The molecule has 3 N–H and O–H groups in total. The molecule has 2 saturated heterocycles. The van der Waals surface area contributed by atoms with Crippen LogP contribution in [0.5, 0.6) is 5.75 Å². The monoisotopic (exact) mass is 618 g/mol. The van der Waals surface area contributed by atoms with Crippen LogP contribution in [-0.2, 0) is 29.8 Å². The number of carbonyl (C=O) groups excluding carboxylic acids is 1. The number of fused-ring (bicyclic) bond motifs is 3. The topological polar surface area (TPSA) is 147 Å². The van der Waals surface area contributed by atoms with Crippen LogP contribution in [0.3, 0.4) is 0 Å². The Balaban J connectivity index is 0.00000387. The zero-order valence-electron chi connectivity index (χ0n) is 22.5. The van der Waals surface area contributed by atoms with Crippen molar-refractivity contribution in [2.75, 3.05) is 6.61 Å². The fourth-order valence-corrected chi connectivity index (χ4v) is 7.36. The number of rotatable bonds is 7. The Labute approximate surface area is 261 Å². The number of carbonyl (C=O) groups is 1. The fraction of sp³-hybridized carbons (Fsp3) is 0.731. The second kappa shape index (κ2) is 12.4. The van der Waals surface area contributed by atoms with Gasteiger partial charge in [0.2, 0.25) is 6.29 Å². The van der Waals surface area contributed by atoms with Crippen molar-refractivity contribution in [3.05, 3.63) is 29.8 Å². The van der Waals surface area contributed by atoms with Gasteiger partial charge in [0, 0.05) is 10.9 Å². The average molecular weight is 619 g/mol. The minimum atomic E-state index is -4.68. The van der Waals surface area contributed by atoms with Gasteiger partial charge in [-0.1, -0.05) is 25.5 Å². The Bertz CT molecular complexity index is 1100. The van der Waals surface area contributed by atoms with Gasteiger partial charge in [0.1, 0.15) is 36.8 Å². The number of benzene rings is 1. The first-order valence-corrected chi connectivity index (χ1v) is 13.6. The van der Waals surface area contributed by atoms with Gasteiger partial charge in [0.15, 0.2) is 5.60 Å². The summed E-state index contributed by atoms with van der Waals surface area (Å²) in [6.45, 7) is 0.304. The molecule has 1 aromatic carbocycles. The molecule has 4 aliphatic rings. The zero-order valence-corrected chi connectivity index (χ0v) is 25.2. The summed E-state index contributed by atoms with van der Waals surface area (Å²) >= 11 is 6.55. The van der Waals surface area contributed by atoms with Crippen molar-refractivity contribution >= 4 is 17.6 Å². The molecule has 1 aromatic rings. The molecular formula is C26H31ClF3NaO10. The standard InChI is InChI=1S/C26H32ClF3O10.Na/c1-2-13-6-12-7-15(9-16(27)8-12)25(13)26(40-39-25,36-11-24(28,29)30)14-4-3-5-17(10-14)37-23-20(33)18(31)19(32)21(38-23)22(34)35;/h3-5,10,12-13,15-16,18-21,23,31-33H,2,6-9,11H2,1H3,(H,34,35);/q;+1/p-1/t12?,13?,15?,16?,18-,19-,20+,21-,23+,25?,26?;/m0./s1. The number of hydrogen-bond donors (Lipinski definition) is 3. The number of aliphatic carboxylic acids is 1. The molecule has 10 nitrogen and oxygen atoms in total. The van der Waals surface area contributed by atoms with Crippen molar-refractivity contribution in [2.24, 2.45) is 17.8 Å². The van der Waals surface area contributed by atoms with E-state index in [1.54, 1.807) is 0 Å². The number of hydrogen-bond acceptors (Lipinski definition) is 10. The molecule has 2 heterocycles. The normalized spacial score (nSPS) is 42.2. The van der Waals surface area contributed by atoms with Crippen LogP contribution >= 0.6 is 11.6 Å². The summed E-state index contributed by atoms with van der Waals surface area (Å²) in [4.78, 5) is 22.7. The van der Waals surface area contributed by atoms with Crippen molar-refractivity contribution in [3.63, 3.8) is 0 Å². The fourth-order valence-electron chi connectivity index (χ4n) is 6.90. The van der Waals surface area contributed by atoms with E-state index in [1.165, 1.54) is 24.3 Å². The molecule has 1 spiro atoms. The van der Waals surface area contributed by atoms with Gasteiger partial charge in [-0.3, -0.25) is 0 Å². The summed E-state index contributed by atoms with van der Waals surface area (Å²) in [6, 6.07) is 5.65. The molecule has 11 atom stereocenters. The van der Waals surface area contributed by atoms with Gasteiger partial charge >= 0.3 is 35.7 Å². The first-order chi connectivity index (χ1) is 18.8. The number of carboxylic acid groups (broad SMARTS) is 1. The van der Waals surface area contributed by atoms with Crippen LogP contribution in [0.1, 0.15) is 44.6 Å². The summed E-state index contributed by atoms with van der Waals surface area (Å²) < 4.78 is 56.8. The van der Waals surface area contributed by atoms with E-state index < -0.39 is 60.8 Å². The van der Waals surface area contributed by atoms with Crippen LogP contribution in [-0.4, -0.2) is 75.8 Å². The molecule has 0 amide bonds. The summed E-state index contributed by atoms with van der Waals surface area (Å²) in [5, 5.41) is 41.5. The molecule has 41 heavy (non-hydrogen) atoms. The maximum atomic E-state index is 13.5. The molecule has 2 saturated carbocycles. The van der Waals surface area contributed by atoms with Gasteiger partial charge in [-0.2, -0.15) is 18.1 Å². The molecule has 2 aliphatic carbocycles. The quantitative estimate of drug-likeness (QED) is 0.188. The largest absolute Gasteiger partial charge is 1.00 e. The van der Waals surface area contributed by atoms with E-state index in [0.717, 1.165) is 6.42 Å². The smallest absolute Gasteiger partial charge is 0.547 e. The number of alkyl halides is 4. The van der Waals surface area contributed by atoms with Gasteiger partial charge in [0.05, 0.1) is 5.97 Å². The number of ether oxygens (including phenoxy) is 3. The Morgan fingerprint density at radius 2 is 1.85 bits per heavy atom. The predicted molar refractivity (Wildman–Crippen MR) is 126 cm³/mol. The van der Waals surface area contributed by atoms with Gasteiger partial charge in [0.25, 0.3) is 5.79 Å². The number of halogens is 4. The zero-order chi connectivity index (χ0) is 29.0. The van der Waals surface area contributed by atoms with Gasteiger partial charge in [-0.15, -0.1) is 11.6 Å². The number of aliphatic hydroxyl groups excluding tert-OH is 3. The molecule has 15 heteroatoms. The first kappa shape index (κ1) is 33.2. The summed E-state index contributed by atoms with van der Waals surface area (Å²) in [5.41, 5.74) is -1.15. The average Bonchev–Trinajstić information content (AvgIpc) is 2.87. The van der Waals surface area contributed by atoms with Crippen molar-refractivity contribution < 1.29 is 91.9 Å². The SMILES string of the molecule is CCC1CC2CC(Cl)CC(C2)C12OOC2(OCC(F)(F)F)c1cccc(O[C@@H]2O[C@H](C(=O)[O-])[C@@H](O)[C@H](O)[C@H]2O)c1.[Na+]. The van der Waals surface area contributed by atoms with Gasteiger partial charge < -0.3 is 39.4 Å². The first-order valence-electron chi connectivity index (χ1n) is 13.2. The van der Waals surface area contributed by atoms with Crippen LogP contribution < -0.4 is 39.4 Å². The maximum absolute atomic E-state index is 13.5. The van der Waals surface area contributed by atoms with E-state index in [0.29, 0.717) is 31.6 Å². The molecule has 2 aliphatic heterocycles. The second-order valence-corrected chi connectivity index (χ2v) is 11.7. The summed E-state index contributed by atoms with van der Waals surface area (Å²) in [5.74, 6) is -4.07. The summed E-state index contributed by atoms with van der Waals surface area (Å²) in [7, 11) is 0. The van der Waals surface area contributed by atoms with E-state index in [4.69, 9.17) is 35.6 Å². The van der Waals surface area contributed by atoms with Crippen molar-refractivity contribution in [1.82, 2.24) is 0 Å². The third-order valence-corrected chi connectivity index (χ3v) is 8.95. The third kappa shape index (κ3) is 5.89. The molecule has 6 unspecified atom stereocenters. The van der Waals surface area contributed by atoms with Crippen molar-refractivity contribution in [2.45, 2.75) is 92.7 Å².